The number of carbonyl (C=O) groups excluding carboxylic acids is 1. The van der Waals surface area contributed by atoms with E-state index in [9.17, 15) is 4.79 Å². The standard InChI is InChI=1S/C14H14ClNO3/c1-3-6-18-13-5-4-10(8-12(13)15)7-11-9(2)16-19-14(11)17/h4-5,7-8H,3,6H2,1-2H3/b11-7+. The Labute approximate surface area is 116 Å². The van der Waals surface area contributed by atoms with Gasteiger partial charge in [0.2, 0.25) is 0 Å². The summed E-state index contributed by atoms with van der Waals surface area (Å²) in [5.74, 6) is 0.199. The minimum absolute atomic E-state index is 0.443. The van der Waals surface area contributed by atoms with E-state index in [1.165, 1.54) is 0 Å². The molecular weight excluding hydrogens is 266 g/mol. The van der Waals surface area contributed by atoms with Gasteiger partial charge in [-0.15, -0.1) is 0 Å². The van der Waals surface area contributed by atoms with Crippen molar-refractivity contribution in [3.8, 4) is 5.75 Å². The third-order valence-corrected chi connectivity index (χ3v) is 2.90. The van der Waals surface area contributed by atoms with Crippen molar-refractivity contribution >= 4 is 29.4 Å². The molecule has 0 spiro atoms. The van der Waals surface area contributed by atoms with Crippen molar-refractivity contribution in [2.24, 2.45) is 5.16 Å². The average molecular weight is 280 g/mol. The lowest BCUT2D eigenvalue weighted by Gasteiger charge is -2.07. The van der Waals surface area contributed by atoms with E-state index in [0.29, 0.717) is 28.7 Å². The predicted octanol–water partition coefficient (Wildman–Crippen LogP) is 3.44. The van der Waals surface area contributed by atoms with E-state index < -0.39 is 5.97 Å². The molecule has 0 aromatic heterocycles. The van der Waals surface area contributed by atoms with Crippen molar-refractivity contribution < 1.29 is 14.4 Å². The van der Waals surface area contributed by atoms with Crippen LogP contribution in [0.15, 0.2) is 28.9 Å². The molecular formula is C14H14ClNO3. The Hall–Kier alpha value is -1.81. The summed E-state index contributed by atoms with van der Waals surface area (Å²) >= 11 is 6.12. The van der Waals surface area contributed by atoms with Gasteiger partial charge in [-0.3, -0.25) is 0 Å². The van der Waals surface area contributed by atoms with Gasteiger partial charge in [-0.2, -0.15) is 0 Å². The number of halogens is 1. The number of hydrogen-bond donors (Lipinski definition) is 0. The first kappa shape index (κ1) is 13.6. The quantitative estimate of drug-likeness (QED) is 0.626. The van der Waals surface area contributed by atoms with Crippen molar-refractivity contribution in [1.82, 2.24) is 0 Å². The molecule has 0 N–H and O–H groups in total. The second-order valence-electron chi connectivity index (χ2n) is 4.15. The Morgan fingerprint density at radius 1 is 1.47 bits per heavy atom. The fourth-order valence-electron chi connectivity index (χ4n) is 1.62. The fraction of sp³-hybridized carbons (Fsp3) is 0.286. The number of ether oxygens (including phenoxy) is 1. The predicted molar refractivity (Wildman–Crippen MR) is 74.4 cm³/mol. The summed E-state index contributed by atoms with van der Waals surface area (Å²) in [4.78, 5) is 16.0. The molecule has 0 amide bonds. The molecule has 1 heterocycles. The van der Waals surface area contributed by atoms with Crippen LogP contribution in [0.4, 0.5) is 0 Å². The van der Waals surface area contributed by atoms with Crippen molar-refractivity contribution in [1.29, 1.82) is 0 Å². The van der Waals surface area contributed by atoms with Gasteiger partial charge in [-0.25, -0.2) is 4.79 Å². The van der Waals surface area contributed by atoms with Gasteiger partial charge in [0.1, 0.15) is 5.75 Å². The smallest absolute Gasteiger partial charge is 0.367 e. The zero-order valence-corrected chi connectivity index (χ0v) is 11.5. The molecule has 100 valence electrons. The zero-order chi connectivity index (χ0) is 13.8. The van der Waals surface area contributed by atoms with Gasteiger partial charge in [-0.1, -0.05) is 29.7 Å². The molecule has 0 atom stereocenters. The van der Waals surface area contributed by atoms with Crippen LogP contribution >= 0.6 is 11.6 Å². The Morgan fingerprint density at radius 2 is 2.26 bits per heavy atom. The molecule has 4 nitrogen and oxygen atoms in total. The molecule has 0 unspecified atom stereocenters. The number of nitrogens with zero attached hydrogens (tertiary/aromatic N) is 1. The SMILES string of the molecule is CCCOc1ccc(/C=C2/C(=O)ON=C2C)cc1Cl. The van der Waals surface area contributed by atoms with E-state index in [0.717, 1.165) is 12.0 Å². The summed E-state index contributed by atoms with van der Waals surface area (Å²) in [6.07, 6.45) is 2.62. The topological polar surface area (TPSA) is 47.9 Å². The highest BCUT2D eigenvalue weighted by Crippen LogP contribution is 2.27. The van der Waals surface area contributed by atoms with Crippen molar-refractivity contribution in [3.05, 3.63) is 34.4 Å². The van der Waals surface area contributed by atoms with Crippen LogP contribution in [0.2, 0.25) is 5.02 Å². The molecule has 0 saturated carbocycles. The summed E-state index contributed by atoms with van der Waals surface area (Å²) in [6, 6.07) is 5.37. The molecule has 0 radical (unpaired) electrons. The van der Waals surface area contributed by atoms with Crippen LogP contribution in [0.1, 0.15) is 25.8 Å². The average Bonchev–Trinajstić information content (AvgIpc) is 2.70. The van der Waals surface area contributed by atoms with Crippen molar-refractivity contribution in [2.45, 2.75) is 20.3 Å². The van der Waals surface area contributed by atoms with E-state index in [1.807, 2.05) is 13.0 Å². The van der Waals surface area contributed by atoms with E-state index >= 15 is 0 Å². The summed E-state index contributed by atoms with van der Waals surface area (Å²) in [6.45, 7) is 4.37. The molecule has 1 aliphatic rings. The minimum atomic E-state index is -0.445. The lowest BCUT2D eigenvalue weighted by molar-refractivity contribution is -0.136. The maximum atomic E-state index is 11.4. The first-order chi connectivity index (χ1) is 9.11. The second kappa shape index (κ2) is 5.89. The lowest BCUT2D eigenvalue weighted by Crippen LogP contribution is -2.01. The largest absolute Gasteiger partial charge is 0.492 e. The van der Waals surface area contributed by atoms with Crippen LogP contribution in [0.5, 0.6) is 5.75 Å². The molecule has 19 heavy (non-hydrogen) atoms. The van der Waals surface area contributed by atoms with Gasteiger partial charge >= 0.3 is 5.97 Å². The zero-order valence-electron chi connectivity index (χ0n) is 10.8. The first-order valence-electron chi connectivity index (χ1n) is 6.02. The maximum Gasteiger partial charge on any atom is 0.367 e. The minimum Gasteiger partial charge on any atom is -0.492 e. The fourth-order valence-corrected chi connectivity index (χ4v) is 1.87. The van der Waals surface area contributed by atoms with Crippen LogP contribution < -0.4 is 4.74 Å². The normalized spacial score (nSPS) is 16.5. The number of oxime groups is 1. The van der Waals surface area contributed by atoms with E-state index in [-0.39, 0.29) is 0 Å². The highest BCUT2D eigenvalue weighted by Gasteiger charge is 2.21. The van der Waals surface area contributed by atoms with Crippen LogP contribution in [0, 0.1) is 0 Å². The third kappa shape index (κ3) is 3.15. The van der Waals surface area contributed by atoms with Gasteiger partial charge in [0.15, 0.2) is 0 Å². The number of hydrogen-bond acceptors (Lipinski definition) is 4. The Morgan fingerprint density at radius 3 is 2.84 bits per heavy atom. The number of rotatable bonds is 4. The van der Waals surface area contributed by atoms with Crippen molar-refractivity contribution in [3.63, 3.8) is 0 Å². The molecule has 0 saturated heterocycles. The van der Waals surface area contributed by atoms with Gasteiger partial charge < -0.3 is 9.57 Å². The molecule has 5 heteroatoms. The molecule has 1 aromatic rings. The second-order valence-corrected chi connectivity index (χ2v) is 4.56. The van der Waals surface area contributed by atoms with Gasteiger partial charge in [-0.05, 0) is 37.1 Å². The molecule has 0 bridgehead atoms. The maximum absolute atomic E-state index is 11.4. The van der Waals surface area contributed by atoms with E-state index in [2.05, 4.69) is 9.99 Å². The first-order valence-corrected chi connectivity index (χ1v) is 6.40. The van der Waals surface area contributed by atoms with Crippen LogP contribution in [0.3, 0.4) is 0 Å². The highest BCUT2D eigenvalue weighted by molar-refractivity contribution is 6.32. The van der Waals surface area contributed by atoms with Crippen LogP contribution in [-0.2, 0) is 9.63 Å². The van der Waals surface area contributed by atoms with Crippen LogP contribution in [0.25, 0.3) is 6.08 Å². The Bertz CT molecular complexity index is 564. The van der Waals surface area contributed by atoms with Gasteiger partial charge in [0, 0.05) is 0 Å². The molecule has 1 aliphatic heterocycles. The molecule has 1 aromatic carbocycles. The van der Waals surface area contributed by atoms with E-state index in [1.54, 1.807) is 25.1 Å². The van der Waals surface area contributed by atoms with Gasteiger partial charge in [0.25, 0.3) is 0 Å². The summed E-state index contributed by atoms with van der Waals surface area (Å²) in [5, 5.41) is 4.13. The lowest BCUT2D eigenvalue weighted by atomic mass is 10.1. The van der Waals surface area contributed by atoms with E-state index in [4.69, 9.17) is 16.3 Å². The highest BCUT2D eigenvalue weighted by atomic mass is 35.5. The number of benzene rings is 1. The number of carbonyl (C=O) groups is 1. The van der Waals surface area contributed by atoms with Crippen molar-refractivity contribution in [2.75, 3.05) is 6.61 Å². The Kier molecular flexibility index (Phi) is 4.22. The third-order valence-electron chi connectivity index (χ3n) is 2.60. The monoisotopic (exact) mass is 279 g/mol. The molecule has 0 aliphatic carbocycles. The summed E-state index contributed by atoms with van der Waals surface area (Å²) < 4.78 is 5.49. The van der Waals surface area contributed by atoms with Gasteiger partial charge in [0.05, 0.1) is 22.9 Å². The van der Waals surface area contributed by atoms with Crippen LogP contribution in [-0.4, -0.2) is 18.3 Å². The molecule has 2 rings (SSSR count). The summed E-state index contributed by atoms with van der Waals surface area (Å²) in [7, 11) is 0. The summed E-state index contributed by atoms with van der Waals surface area (Å²) in [5.41, 5.74) is 1.81. The molecule has 0 fully saturated rings. The Balaban J connectivity index is 2.23.